The van der Waals surface area contributed by atoms with Crippen LogP contribution in [0.3, 0.4) is 0 Å². The molecular formula is C12H12ClN3O3. The Balaban J connectivity index is 2.41. The Morgan fingerprint density at radius 3 is 2.95 bits per heavy atom. The van der Waals surface area contributed by atoms with Crippen LogP contribution in [0.1, 0.15) is 12.3 Å². The first-order chi connectivity index (χ1) is 9.13. The predicted octanol–water partition coefficient (Wildman–Crippen LogP) is 2.79. The lowest BCUT2D eigenvalue weighted by Crippen LogP contribution is -2.00. The Bertz CT molecular complexity index is 598. The largest absolute Gasteiger partial charge is 0.440 e. The minimum Gasteiger partial charge on any atom is -0.440 e. The summed E-state index contributed by atoms with van der Waals surface area (Å²) in [5, 5.41) is 11.3. The number of halogens is 1. The Hall–Kier alpha value is -1.92. The van der Waals surface area contributed by atoms with Gasteiger partial charge in [-0.2, -0.15) is 0 Å². The summed E-state index contributed by atoms with van der Waals surface area (Å²) in [5.74, 6) is 0.791. The maximum Gasteiger partial charge on any atom is 0.281 e. The van der Waals surface area contributed by atoms with Gasteiger partial charge in [-0.25, -0.2) is 4.98 Å². The van der Waals surface area contributed by atoms with E-state index in [0.29, 0.717) is 24.6 Å². The van der Waals surface area contributed by atoms with Gasteiger partial charge in [0.2, 0.25) is 0 Å². The van der Waals surface area contributed by atoms with E-state index in [0.717, 1.165) is 6.42 Å². The van der Waals surface area contributed by atoms with Gasteiger partial charge in [-0.15, -0.1) is 0 Å². The molecule has 1 aromatic carbocycles. The van der Waals surface area contributed by atoms with E-state index in [2.05, 4.69) is 4.98 Å². The van der Waals surface area contributed by atoms with Gasteiger partial charge in [-0.3, -0.25) is 10.1 Å². The first-order valence-electron chi connectivity index (χ1n) is 5.71. The summed E-state index contributed by atoms with van der Waals surface area (Å²) in [7, 11) is 0. The summed E-state index contributed by atoms with van der Waals surface area (Å²) in [6.45, 7) is 0.532. The minimum atomic E-state index is -0.497. The number of nitrogens with two attached hydrogens (primary N) is 1. The van der Waals surface area contributed by atoms with E-state index in [1.54, 1.807) is 6.07 Å². The predicted molar refractivity (Wildman–Crippen MR) is 71.0 cm³/mol. The number of hydrogen-bond donors (Lipinski definition) is 1. The van der Waals surface area contributed by atoms with E-state index in [4.69, 9.17) is 21.8 Å². The van der Waals surface area contributed by atoms with Gasteiger partial charge >= 0.3 is 0 Å². The highest BCUT2D eigenvalue weighted by Crippen LogP contribution is 2.36. The normalized spacial score (nSPS) is 10.6. The van der Waals surface area contributed by atoms with Gasteiger partial charge in [0.05, 0.1) is 16.1 Å². The molecule has 0 aliphatic carbocycles. The van der Waals surface area contributed by atoms with Gasteiger partial charge < -0.3 is 10.2 Å². The van der Waals surface area contributed by atoms with Gasteiger partial charge in [0.1, 0.15) is 5.56 Å². The van der Waals surface area contributed by atoms with Gasteiger partial charge in [0.15, 0.2) is 11.7 Å². The molecule has 0 aliphatic rings. The molecule has 0 radical (unpaired) electrons. The Morgan fingerprint density at radius 2 is 2.26 bits per heavy atom. The number of benzene rings is 1. The standard InChI is InChI=1S/C12H12ClN3O3/c13-8-3-1-4-9(16(17)18)12(8)10-7-15-11(19-10)5-2-6-14/h1,3-4,7H,2,5-6,14H2. The summed E-state index contributed by atoms with van der Waals surface area (Å²) < 4.78 is 5.49. The first-order valence-corrected chi connectivity index (χ1v) is 6.09. The van der Waals surface area contributed by atoms with Crippen LogP contribution in [-0.4, -0.2) is 16.5 Å². The third-order valence-corrected chi connectivity index (χ3v) is 2.90. The van der Waals surface area contributed by atoms with E-state index in [9.17, 15) is 10.1 Å². The summed E-state index contributed by atoms with van der Waals surface area (Å²) in [4.78, 5) is 14.6. The number of nitro benzene ring substituents is 1. The average molecular weight is 282 g/mol. The van der Waals surface area contributed by atoms with Crippen molar-refractivity contribution in [3.05, 3.63) is 45.4 Å². The molecule has 0 aliphatic heterocycles. The highest BCUT2D eigenvalue weighted by atomic mass is 35.5. The molecule has 6 nitrogen and oxygen atoms in total. The lowest BCUT2D eigenvalue weighted by Gasteiger charge is -2.01. The molecule has 0 saturated heterocycles. The van der Waals surface area contributed by atoms with Crippen LogP contribution in [0.2, 0.25) is 5.02 Å². The molecule has 1 heterocycles. The van der Waals surface area contributed by atoms with Gasteiger partial charge in [-0.1, -0.05) is 17.7 Å². The minimum absolute atomic E-state index is 0.103. The zero-order valence-corrected chi connectivity index (χ0v) is 10.8. The fourth-order valence-electron chi connectivity index (χ4n) is 1.70. The summed E-state index contributed by atoms with van der Waals surface area (Å²) >= 11 is 6.01. The van der Waals surface area contributed by atoms with Gasteiger partial charge in [0, 0.05) is 12.5 Å². The zero-order valence-electron chi connectivity index (χ0n) is 10.0. The Labute approximate surface area is 114 Å². The quantitative estimate of drug-likeness (QED) is 0.671. The summed E-state index contributed by atoms with van der Waals surface area (Å²) in [6.07, 6.45) is 2.78. The Morgan fingerprint density at radius 1 is 1.47 bits per heavy atom. The molecule has 0 bridgehead atoms. The lowest BCUT2D eigenvalue weighted by atomic mass is 10.1. The van der Waals surface area contributed by atoms with E-state index in [1.807, 2.05) is 0 Å². The molecule has 100 valence electrons. The maximum atomic E-state index is 11.0. The molecule has 2 aromatic rings. The summed E-state index contributed by atoms with van der Waals surface area (Å²) in [5.41, 5.74) is 5.55. The third kappa shape index (κ3) is 2.91. The van der Waals surface area contributed by atoms with Crippen LogP contribution >= 0.6 is 11.6 Å². The van der Waals surface area contributed by atoms with Crippen LogP contribution in [0, 0.1) is 10.1 Å². The number of aromatic nitrogens is 1. The van der Waals surface area contributed by atoms with Crippen molar-refractivity contribution in [3.63, 3.8) is 0 Å². The number of oxazole rings is 1. The fraction of sp³-hybridized carbons (Fsp3) is 0.250. The molecule has 19 heavy (non-hydrogen) atoms. The van der Waals surface area contributed by atoms with Crippen LogP contribution in [0.25, 0.3) is 11.3 Å². The molecule has 0 amide bonds. The van der Waals surface area contributed by atoms with Crippen LogP contribution < -0.4 is 5.73 Å². The maximum absolute atomic E-state index is 11.0. The topological polar surface area (TPSA) is 95.2 Å². The number of rotatable bonds is 5. The number of aryl methyl sites for hydroxylation is 1. The van der Waals surface area contributed by atoms with Crippen LogP contribution in [0.5, 0.6) is 0 Å². The van der Waals surface area contributed by atoms with Crippen molar-refractivity contribution in [3.8, 4) is 11.3 Å². The van der Waals surface area contributed by atoms with E-state index in [-0.39, 0.29) is 16.3 Å². The molecule has 0 saturated carbocycles. The fourth-order valence-corrected chi connectivity index (χ4v) is 1.97. The highest BCUT2D eigenvalue weighted by Gasteiger charge is 2.21. The second-order valence-corrected chi connectivity index (χ2v) is 4.31. The molecule has 1 aromatic heterocycles. The van der Waals surface area contributed by atoms with Crippen molar-refractivity contribution in [2.45, 2.75) is 12.8 Å². The molecule has 0 unspecified atom stereocenters. The van der Waals surface area contributed by atoms with Crippen LogP contribution in [0.15, 0.2) is 28.8 Å². The zero-order chi connectivity index (χ0) is 13.8. The molecule has 7 heteroatoms. The molecular weight excluding hydrogens is 270 g/mol. The van der Waals surface area contributed by atoms with Gasteiger partial charge in [0.25, 0.3) is 5.69 Å². The van der Waals surface area contributed by atoms with Gasteiger partial charge in [-0.05, 0) is 19.0 Å². The average Bonchev–Trinajstić information content (AvgIpc) is 2.84. The summed E-state index contributed by atoms with van der Waals surface area (Å²) in [6, 6.07) is 4.48. The molecule has 2 rings (SSSR count). The van der Waals surface area contributed by atoms with E-state index >= 15 is 0 Å². The molecule has 2 N–H and O–H groups in total. The molecule has 0 fully saturated rings. The second-order valence-electron chi connectivity index (χ2n) is 3.90. The van der Waals surface area contributed by atoms with Crippen LogP contribution in [-0.2, 0) is 6.42 Å². The molecule has 0 atom stereocenters. The van der Waals surface area contributed by atoms with Crippen molar-refractivity contribution in [1.29, 1.82) is 0 Å². The first kappa shape index (κ1) is 13.5. The van der Waals surface area contributed by atoms with E-state index < -0.39 is 4.92 Å². The van der Waals surface area contributed by atoms with Crippen molar-refractivity contribution in [2.24, 2.45) is 5.73 Å². The van der Waals surface area contributed by atoms with Crippen molar-refractivity contribution < 1.29 is 9.34 Å². The van der Waals surface area contributed by atoms with Crippen LogP contribution in [0.4, 0.5) is 5.69 Å². The number of nitrogens with zero attached hydrogens (tertiary/aromatic N) is 2. The number of hydrogen-bond acceptors (Lipinski definition) is 5. The number of nitro groups is 1. The monoisotopic (exact) mass is 281 g/mol. The van der Waals surface area contributed by atoms with E-state index in [1.165, 1.54) is 18.3 Å². The Kier molecular flexibility index (Phi) is 4.13. The molecule has 0 spiro atoms. The second kappa shape index (κ2) is 5.81. The SMILES string of the molecule is NCCCc1ncc(-c2c(Cl)cccc2[N+](=O)[O-])o1. The third-order valence-electron chi connectivity index (χ3n) is 2.58. The lowest BCUT2D eigenvalue weighted by molar-refractivity contribution is -0.384. The van der Waals surface area contributed by atoms with Crippen molar-refractivity contribution in [2.75, 3.05) is 6.54 Å². The highest BCUT2D eigenvalue weighted by molar-refractivity contribution is 6.33. The smallest absolute Gasteiger partial charge is 0.281 e. The van der Waals surface area contributed by atoms with Crippen molar-refractivity contribution in [1.82, 2.24) is 4.98 Å². The van der Waals surface area contributed by atoms with Crippen molar-refractivity contribution >= 4 is 17.3 Å².